The first kappa shape index (κ1) is 14.8. The molecule has 2 heteroatoms. The van der Waals surface area contributed by atoms with Gasteiger partial charge in [0.1, 0.15) is 11.5 Å². The molecule has 5 rings (SSSR count). The van der Waals surface area contributed by atoms with Crippen molar-refractivity contribution in [3.63, 3.8) is 0 Å². The van der Waals surface area contributed by atoms with Crippen LogP contribution in [0.15, 0.2) is 84.9 Å². The number of hydrogen-bond acceptors (Lipinski definition) is 2. The van der Waals surface area contributed by atoms with Gasteiger partial charge in [0.2, 0.25) is 0 Å². The Morgan fingerprint density at radius 1 is 0.423 bits per heavy atom. The fourth-order valence-corrected chi connectivity index (χ4v) is 3.78. The van der Waals surface area contributed by atoms with Crippen LogP contribution in [-0.4, -0.2) is 10.2 Å². The highest BCUT2D eigenvalue weighted by atomic mass is 16.3. The van der Waals surface area contributed by atoms with Crippen LogP contribution in [-0.2, 0) is 0 Å². The average Bonchev–Trinajstić information content (AvgIpc) is 2.67. The summed E-state index contributed by atoms with van der Waals surface area (Å²) in [6.45, 7) is 0. The van der Waals surface area contributed by atoms with E-state index in [0.29, 0.717) is 0 Å². The molecule has 1 aliphatic rings. The predicted octanol–water partition coefficient (Wildman–Crippen LogP) is 5.32. The van der Waals surface area contributed by atoms with Crippen molar-refractivity contribution in [2.45, 2.75) is 0 Å². The standard InChI is InChI=1S/C24H16O2/c25-23-17(15-7-3-1-4-8-15)11-13-19-20-14-12-18(16-9-5-2-6-10-16)24(26)22(20)21(19)23/h1-14,25-26H. The molecule has 1 aliphatic carbocycles. The van der Waals surface area contributed by atoms with Crippen molar-refractivity contribution in [1.29, 1.82) is 0 Å². The zero-order valence-corrected chi connectivity index (χ0v) is 14.0. The minimum atomic E-state index is 0.224. The number of phenolic OH excluding ortho intramolecular Hbond substituents is 2. The molecule has 0 unspecified atom stereocenters. The Bertz CT molecular complexity index is 1220. The van der Waals surface area contributed by atoms with Gasteiger partial charge in [-0.05, 0) is 33.7 Å². The average molecular weight is 336 g/mol. The molecule has 0 atom stereocenters. The molecule has 2 nitrogen and oxygen atoms in total. The molecule has 0 aromatic heterocycles. The summed E-state index contributed by atoms with van der Waals surface area (Å²) in [5.74, 6) is 0.448. The van der Waals surface area contributed by atoms with E-state index in [1.165, 1.54) is 0 Å². The van der Waals surface area contributed by atoms with E-state index in [9.17, 15) is 10.2 Å². The smallest absolute Gasteiger partial charge is 0.132 e. The van der Waals surface area contributed by atoms with E-state index >= 15 is 0 Å². The van der Waals surface area contributed by atoms with Crippen LogP contribution in [0.2, 0.25) is 0 Å². The Morgan fingerprint density at radius 2 is 0.808 bits per heavy atom. The highest BCUT2D eigenvalue weighted by molar-refractivity contribution is 5.74. The first-order valence-electron chi connectivity index (χ1n) is 8.59. The largest absolute Gasteiger partial charge is 0.507 e. The number of fused-ring (bicyclic) bond motifs is 2. The van der Waals surface area contributed by atoms with Gasteiger partial charge in [-0.3, -0.25) is 0 Å². The molecule has 0 heterocycles. The number of aromatic hydroxyl groups is 2. The minimum absolute atomic E-state index is 0.224. The van der Waals surface area contributed by atoms with Crippen molar-refractivity contribution < 1.29 is 10.2 Å². The van der Waals surface area contributed by atoms with Crippen molar-refractivity contribution in [2.24, 2.45) is 0 Å². The van der Waals surface area contributed by atoms with Gasteiger partial charge >= 0.3 is 0 Å². The Kier molecular flexibility index (Phi) is 3.13. The van der Waals surface area contributed by atoms with Crippen LogP contribution < -0.4 is 0 Å². The van der Waals surface area contributed by atoms with Gasteiger partial charge in [-0.2, -0.15) is 0 Å². The van der Waals surface area contributed by atoms with Crippen molar-refractivity contribution in [2.75, 3.05) is 0 Å². The minimum Gasteiger partial charge on any atom is -0.507 e. The lowest BCUT2D eigenvalue weighted by Crippen LogP contribution is -1.95. The normalized spacial score (nSPS) is 11.4. The third kappa shape index (κ3) is 1.99. The summed E-state index contributed by atoms with van der Waals surface area (Å²) in [6.07, 6.45) is 0. The van der Waals surface area contributed by atoms with Crippen LogP contribution in [0, 0.1) is 20.9 Å². The van der Waals surface area contributed by atoms with Crippen LogP contribution in [0.3, 0.4) is 0 Å². The van der Waals surface area contributed by atoms with Gasteiger partial charge in [0, 0.05) is 21.6 Å². The maximum atomic E-state index is 10.9. The topological polar surface area (TPSA) is 40.5 Å². The van der Waals surface area contributed by atoms with Gasteiger partial charge in [-0.1, -0.05) is 72.8 Å². The SMILES string of the molecule is Oc1c(-c2ccccc2)ccc2c1=c1c(O)c(-c3ccccc3)ccc1=2. The van der Waals surface area contributed by atoms with Crippen molar-refractivity contribution in [3.05, 3.63) is 106 Å². The van der Waals surface area contributed by atoms with Crippen LogP contribution >= 0.6 is 0 Å². The van der Waals surface area contributed by atoms with Gasteiger partial charge in [0.15, 0.2) is 0 Å². The molecule has 0 bridgehead atoms. The van der Waals surface area contributed by atoms with Crippen LogP contribution in [0.5, 0.6) is 11.5 Å². The summed E-state index contributed by atoms with van der Waals surface area (Å²) in [7, 11) is 0. The van der Waals surface area contributed by atoms with E-state index in [1.54, 1.807) is 0 Å². The van der Waals surface area contributed by atoms with E-state index in [0.717, 1.165) is 43.1 Å². The summed E-state index contributed by atoms with van der Waals surface area (Å²) in [4.78, 5) is 0. The third-order valence-electron chi connectivity index (χ3n) is 5.07. The number of rotatable bonds is 2. The summed E-state index contributed by atoms with van der Waals surface area (Å²) in [5, 5.41) is 25.2. The highest BCUT2D eigenvalue weighted by Gasteiger charge is 2.16. The molecule has 2 N–H and O–H groups in total. The molecule has 4 aromatic carbocycles. The lowest BCUT2D eigenvalue weighted by atomic mass is 9.92. The Morgan fingerprint density at radius 3 is 1.19 bits per heavy atom. The van der Waals surface area contributed by atoms with Crippen molar-refractivity contribution in [1.82, 2.24) is 0 Å². The predicted molar refractivity (Wildman–Crippen MR) is 102 cm³/mol. The molecule has 0 saturated carbocycles. The second-order valence-corrected chi connectivity index (χ2v) is 6.50. The molecule has 0 aliphatic heterocycles. The summed E-state index contributed by atoms with van der Waals surface area (Å²) >= 11 is 0. The lowest BCUT2D eigenvalue weighted by Gasteiger charge is -2.14. The number of benzene rings is 4. The molecule has 0 amide bonds. The van der Waals surface area contributed by atoms with Crippen LogP contribution in [0.1, 0.15) is 0 Å². The molecule has 26 heavy (non-hydrogen) atoms. The van der Waals surface area contributed by atoms with Gasteiger partial charge < -0.3 is 10.2 Å². The van der Waals surface area contributed by atoms with Gasteiger partial charge in [0.05, 0.1) is 0 Å². The summed E-state index contributed by atoms with van der Waals surface area (Å²) < 4.78 is 0. The molecule has 0 saturated heterocycles. The molecule has 124 valence electrons. The van der Waals surface area contributed by atoms with E-state index in [4.69, 9.17) is 0 Å². The zero-order chi connectivity index (χ0) is 17.7. The Labute approximate surface area is 150 Å². The molecule has 0 fully saturated rings. The highest BCUT2D eigenvalue weighted by Crippen LogP contribution is 2.38. The summed E-state index contributed by atoms with van der Waals surface area (Å²) in [5.41, 5.74) is 3.47. The third-order valence-corrected chi connectivity index (χ3v) is 5.07. The maximum Gasteiger partial charge on any atom is 0.132 e. The fraction of sp³-hybridized carbons (Fsp3) is 0. The second kappa shape index (κ2) is 5.50. The van der Waals surface area contributed by atoms with E-state index in [2.05, 4.69) is 0 Å². The fourth-order valence-electron chi connectivity index (χ4n) is 3.78. The maximum absolute atomic E-state index is 10.9. The monoisotopic (exact) mass is 336 g/mol. The molecule has 4 aromatic rings. The molecular weight excluding hydrogens is 320 g/mol. The molecule has 0 spiro atoms. The quantitative estimate of drug-likeness (QED) is 0.458. The first-order chi connectivity index (χ1) is 12.8. The number of phenols is 2. The van der Waals surface area contributed by atoms with Gasteiger partial charge in [-0.25, -0.2) is 0 Å². The first-order valence-corrected chi connectivity index (χ1v) is 8.59. The van der Waals surface area contributed by atoms with Crippen molar-refractivity contribution >= 4 is 0 Å². The van der Waals surface area contributed by atoms with E-state index in [1.807, 2.05) is 84.9 Å². The van der Waals surface area contributed by atoms with E-state index in [-0.39, 0.29) is 11.5 Å². The Hall–Kier alpha value is -3.52. The van der Waals surface area contributed by atoms with Crippen LogP contribution in [0.4, 0.5) is 0 Å². The molecular formula is C24H16O2. The second-order valence-electron chi connectivity index (χ2n) is 6.50. The summed E-state index contributed by atoms with van der Waals surface area (Å²) in [6, 6.07) is 27.5. The van der Waals surface area contributed by atoms with Gasteiger partial charge in [-0.15, -0.1) is 0 Å². The van der Waals surface area contributed by atoms with Gasteiger partial charge in [0.25, 0.3) is 0 Å². The van der Waals surface area contributed by atoms with Crippen molar-refractivity contribution in [3.8, 4) is 33.8 Å². The van der Waals surface area contributed by atoms with Crippen LogP contribution in [0.25, 0.3) is 22.3 Å². The lowest BCUT2D eigenvalue weighted by molar-refractivity contribution is 0.461. The molecule has 0 radical (unpaired) electrons. The number of hydrogen-bond donors (Lipinski definition) is 2. The van der Waals surface area contributed by atoms with E-state index < -0.39 is 0 Å². The zero-order valence-electron chi connectivity index (χ0n) is 14.0. The Balaban J connectivity index is 1.84.